The Kier molecular flexibility index (Phi) is 6.77. The van der Waals surface area contributed by atoms with Crippen LogP contribution in [0.25, 0.3) is 0 Å². The van der Waals surface area contributed by atoms with E-state index in [0.29, 0.717) is 6.61 Å². The maximum atomic E-state index is 5.63. The van der Waals surface area contributed by atoms with Crippen LogP contribution in [0.3, 0.4) is 0 Å². The molecule has 0 saturated heterocycles. The van der Waals surface area contributed by atoms with Crippen molar-refractivity contribution in [3.63, 3.8) is 0 Å². The lowest BCUT2D eigenvalue weighted by Gasteiger charge is -2.05. The SMILES string of the molecule is COc1ccc(N=Nc2ccc(OCCCCS)cc2)cc1. The van der Waals surface area contributed by atoms with Crippen LogP contribution in [0.2, 0.25) is 0 Å². The van der Waals surface area contributed by atoms with E-state index in [2.05, 4.69) is 22.9 Å². The van der Waals surface area contributed by atoms with Crippen molar-refractivity contribution in [2.45, 2.75) is 12.8 Å². The monoisotopic (exact) mass is 316 g/mol. The largest absolute Gasteiger partial charge is 0.497 e. The topological polar surface area (TPSA) is 43.2 Å². The van der Waals surface area contributed by atoms with Gasteiger partial charge in [0, 0.05) is 0 Å². The molecular weight excluding hydrogens is 296 g/mol. The van der Waals surface area contributed by atoms with E-state index in [0.717, 1.165) is 41.5 Å². The lowest BCUT2D eigenvalue weighted by atomic mass is 10.3. The number of methoxy groups -OCH3 is 1. The molecule has 2 aromatic rings. The Morgan fingerprint density at radius 2 is 1.36 bits per heavy atom. The van der Waals surface area contributed by atoms with E-state index in [-0.39, 0.29) is 0 Å². The van der Waals surface area contributed by atoms with Gasteiger partial charge < -0.3 is 9.47 Å². The van der Waals surface area contributed by atoms with E-state index in [9.17, 15) is 0 Å². The van der Waals surface area contributed by atoms with Crippen LogP contribution in [0.5, 0.6) is 11.5 Å². The minimum Gasteiger partial charge on any atom is -0.497 e. The summed E-state index contributed by atoms with van der Waals surface area (Å²) >= 11 is 4.17. The number of thiol groups is 1. The van der Waals surface area contributed by atoms with E-state index >= 15 is 0 Å². The van der Waals surface area contributed by atoms with Crippen molar-refractivity contribution in [1.29, 1.82) is 0 Å². The second-order valence-electron chi connectivity index (χ2n) is 4.67. The highest BCUT2D eigenvalue weighted by molar-refractivity contribution is 7.80. The molecule has 0 aliphatic rings. The number of ether oxygens (including phenoxy) is 2. The Bertz CT molecular complexity index is 583. The Labute approximate surface area is 136 Å². The van der Waals surface area contributed by atoms with Crippen LogP contribution in [0.1, 0.15) is 12.8 Å². The second kappa shape index (κ2) is 9.10. The molecular formula is C17H20N2O2S. The highest BCUT2D eigenvalue weighted by atomic mass is 32.1. The molecule has 5 heteroatoms. The normalized spacial score (nSPS) is 10.8. The summed E-state index contributed by atoms with van der Waals surface area (Å²) in [5.41, 5.74) is 1.58. The molecule has 0 atom stereocenters. The molecule has 0 aromatic heterocycles. The van der Waals surface area contributed by atoms with Gasteiger partial charge in [0.05, 0.1) is 25.1 Å². The minimum atomic E-state index is 0.716. The van der Waals surface area contributed by atoms with Gasteiger partial charge in [-0.3, -0.25) is 0 Å². The summed E-state index contributed by atoms with van der Waals surface area (Å²) in [4.78, 5) is 0. The van der Waals surface area contributed by atoms with Crippen LogP contribution in [0.4, 0.5) is 11.4 Å². The maximum Gasteiger partial charge on any atom is 0.119 e. The molecule has 22 heavy (non-hydrogen) atoms. The minimum absolute atomic E-state index is 0.716. The predicted molar refractivity (Wildman–Crippen MR) is 92.2 cm³/mol. The van der Waals surface area contributed by atoms with Crippen molar-refractivity contribution >= 4 is 24.0 Å². The summed E-state index contributed by atoms with van der Waals surface area (Å²) in [6, 6.07) is 15.0. The van der Waals surface area contributed by atoms with Gasteiger partial charge in [-0.25, -0.2) is 0 Å². The van der Waals surface area contributed by atoms with Crippen LogP contribution in [-0.2, 0) is 0 Å². The van der Waals surface area contributed by atoms with Gasteiger partial charge in [0.15, 0.2) is 0 Å². The van der Waals surface area contributed by atoms with Gasteiger partial charge in [-0.05, 0) is 67.1 Å². The van der Waals surface area contributed by atoms with Crippen molar-refractivity contribution in [1.82, 2.24) is 0 Å². The number of hydrogen-bond acceptors (Lipinski definition) is 5. The van der Waals surface area contributed by atoms with Crippen molar-refractivity contribution in [2.24, 2.45) is 10.2 Å². The van der Waals surface area contributed by atoms with Crippen LogP contribution >= 0.6 is 12.6 Å². The van der Waals surface area contributed by atoms with Crippen molar-refractivity contribution in [3.8, 4) is 11.5 Å². The Morgan fingerprint density at radius 3 is 1.86 bits per heavy atom. The molecule has 0 unspecified atom stereocenters. The molecule has 0 radical (unpaired) electrons. The summed E-state index contributed by atoms with van der Waals surface area (Å²) < 4.78 is 10.7. The molecule has 0 N–H and O–H groups in total. The Morgan fingerprint density at radius 1 is 0.818 bits per heavy atom. The van der Waals surface area contributed by atoms with Crippen molar-refractivity contribution < 1.29 is 9.47 Å². The van der Waals surface area contributed by atoms with E-state index < -0.39 is 0 Å². The van der Waals surface area contributed by atoms with E-state index in [1.54, 1.807) is 7.11 Å². The van der Waals surface area contributed by atoms with Crippen LogP contribution in [0.15, 0.2) is 58.8 Å². The van der Waals surface area contributed by atoms with E-state index in [1.807, 2.05) is 48.5 Å². The highest BCUT2D eigenvalue weighted by Gasteiger charge is 1.96. The molecule has 0 heterocycles. The van der Waals surface area contributed by atoms with Gasteiger partial charge >= 0.3 is 0 Å². The molecule has 0 aliphatic carbocycles. The number of nitrogens with zero attached hydrogens (tertiary/aromatic N) is 2. The number of rotatable bonds is 8. The van der Waals surface area contributed by atoms with Gasteiger partial charge in [-0.1, -0.05) is 0 Å². The molecule has 2 aromatic carbocycles. The van der Waals surface area contributed by atoms with Gasteiger partial charge in [-0.2, -0.15) is 22.9 Å². The molecule has 4 nitrogen and oxygen atoms in total. The summed E-state index contributed by atoms with van der Waals surface area (Å²) in [5.74, 6) is 2.55. The fourth-order valence-electron chi connectivity index (χ4n) is 1.78. The smallest absolute Gasteiger partial charge is 0.119 e. The average molecular weight is 316 g/mol. The third kappa shape index (κ3) is 5.41. The van der Waals surface area contributed by atoms with Gasteiger partial charge in [0.25, 0.3) is 0 Å². The molecule has 0 amide bonds. The standard InChI is InChI=1S/C17H20N2O2S/c1-20-16-8-4-14(5-9-16)18-19-15-6-10-17(11-7-15)21-12-2-3-13-22/h4-11,22H,2-3,12-13H2,1H3. The molecule has 2 rings (SSSR count). The zero-order chi connectivity index (χ0) is 15.6. The summed E-state index contributed by atoms with van der Waals surface area (Å²) in [6.07, 6.45) is 2.08. The summed E-state index contributed by atoms with van der Waals surface area (Å²) in [6.45, 7) is 0.716. The molecule has 116 valence electrons. The fourth-order valence-corrected chi connectivity index (χ4v) is 2.00. The summed E-state index contributed by atoms with van der Waals surface area (Å²) in [5, 5.41) is 8.39. The average Bonchev–Trinajstić information content (AvgIpc) is 2.58. The molecule has 0 saturated carbocycles. The van der Waals surface area contributed by atoms with Crippen LogP contribution in [0, 0.1) is 0 Å². The van der Waals surface area contributed by atoms with Crippen molar-refractivity contribution in [2.75, 3.05) is 19.5 Å². The molecule has 0 aliphatic heterocycles. The Hall–Kier alpha value is -2.01. The third-order valence-corrected chi connectivity index (χ3v) is 3.33. The first-order valence-corrected chi connectivity index (χ1v) is 7.84. The lowest BCUT2D eigenvalue weighted by Crippen LogP contribution is -1.97. The quantitative estimate of drug-likeness (QED) is 0.413. The predicted octanol–water partition coefficient (Wildman–Crippen LogP) is 5.20. The molecule has 0 spiro atoms. The number of hydrogen-bond donors (Lipinski definition) is 1. The maximum absolute atomic E-state index is 5.63. The van der Waals surface area contributed by atoms with Gasteiger partial charge in [0.2, 0.25) is 0 Å². The first-order valence-electron chi connectivity index (χ1n) is 7.21. The zero-order valence-corrected chi connectivity index (χ0v) is 13.5. The third-order valence-electron chi connectivity index (χ3n) is 3.01. The molecule has 0 fully saturated rings. The van der Waals surface area contributed by atoms with Gasteiger partial charge in [-0.15, -0.1) is 0 Å². The summed E-state index contributed by atoms with van der Waals surface area (Å²) in [7, 11) is 1.64. The number of azo groups is 1. The lowest BCUT2D eigenvalue weighted by molar-refractivity contribution is 0.310. The van der Waals surface area contributed by atoms with Crippen molar-refractivity contribution in [3.05, 3.63) is 48.5 Å². The first-order chi connectivity index (χ1) is 10.8. The van der Waals surface area contributed by atoms with Gasteiger partial charge in [0.1, 0.15) is 11.5 Å². The number of unbranched alkanes of at least 4 members (excludes halogenated alkanes) is 1. The molecule has 0 bridgehead atoms. The fraction of sp³-hybridized carbons (Fsp3) is 0.294. The number of benzene rings is 2. The van der Waals surface area contributed by atoms with E-state index in [4.69, 9.17) is 9.47 Å². The second-order valence-corrected chi connectivity index (χ2v) is 5.12. The Balaban J connectivity index is 1.88. The zero-order valence-electron chi connectivity index (χ0n) is 12.6. The van der Waals surface area contributed by atoms with E-state index in [1.165, 1.54) is 0 Å². The van der Waals surface area contributed by atoms with Crippen LogP contribution < -0.4 is 9.47 Å². The van der Waals surface area contributed by atoms with Crippen LogP contribution in [-0.4, -0.2) is 19.5 Å². The highest BCUT2D eigenvalue weighted by Crippen LogP contribution is 2.23. The first kappa shape index (κ1) is 16.4.